The fourth-order valence-electron chi connectivity index (χ4n) is 3.89. The van der Waals surface area contributed by atoms with E-state index in [1.807, 2.05) is 65.2 Å². The van der Waals surface area contributed by atoms with E-state index in [0.29, 0.717) is 29.4 Å². The topological polar surface area (TPSA) is 86.1 Å². The number of benzene rings is 3. The summed E-state index contributed by atoms with van der Waals surface area (Å²) in [4.78, 5) is 24.6. The number of carbonyl (C=O) groups is 2. The Morgan fingerprint density at radius 2 is 1.88 bits per heavy atom. The molecule has 0 saturated carbocycles. The van der Waals surface area contributed by atoms with Crippen molar-refractivity contribution in [3.8, 4) is 22.8 Å². The molecule has 7 nitrogen and oxygen atoms in total. The summed E-state index contributed by atoms with van der Waals surface area (Å²) in [5, 5.41) is 12.3. The molecule has 34 heavy (non-hydrogen) atoms. The Kier molecular flexibility index (Phi) is 6.14. The van der Waals surface area contributed by atoms with Crippen LogP contribution in [0, 0.1) is 0 Å². The summed E-state index contributed by atoms with van der Waals surface area (Å²) in [5.41, 5.74) is 4.17. The highest BCUT2D eigenvalue weighted by Gasteiger charge is 2.20. The van der Waals surface area contributed by atoms with Gasteiger partial charge in [0.05, 0.1) is 12.9 Å². The predicted octanol–water partition coefficient (Wildman–Crippen LogP) is 4.80. The second kappa shape index (κ2) is 9.52. The Hall–Kier alpha value is -3.91. The number of methoxy groups -OCH3 is 1. The Balaban J connectivity index is 1.42. The second-order valence-corrected chi connectivity index (χ2v) is 8.78. The third kappa shape index (κ3) is 4.45. The van der Waals surface area contributed by atoms with Crippen LogP contribution in [0.3, 0.4) is 0 Å². The number of nitrogens with one attached hydrogen (secondary N) is 1. The van der Waals surface area contributed by atoms with Crippen LogP contribution < -0.4 is 10.1 Å². The van der Waals surface area contributed by atoms with Gasteiger partial charge in [0.25, 0.3) is 0 Å². The average Bonchev–Trinajstić information content (AvgIpc) is 3.31. The molecule has 1 aliphatic heterocycles. The van der Waals surface area contributed by atoms with E-state index in [1.165, 1.54) is 11.8 Å². The number of hydrogen-bond donors (Lipinski definition) is 1. The molecule has 5 rings (SSSR count). The Morgan fingerprint density at radius 1 is 1.03 bits per heavy atom. The van der Waals surface area contributed by atoms with Gasteiger partial charge in [-0.15, -0.1) is 10.2 Å². The van der Waals surface area contributed by atoms with Crippen molar-refractivity contribution < 1.29 is 14.3 Å². The molecule has 8 heteroatoms. The Labute approximate surface area is 201 Å². The van der Waals surface area contributed by atoms with Gasteiger partial charge in [0.15, 0.2) is 16.8 Å². The third-order valence-electron chi connectivity index (χ3n) is 5.63. The maximum atomic E-state index is 13.0. The molecule has 0 radical (unpaired) electrons. The standard InChI is InChI=1S/C26H22N4O3S/c1-33-21-9-5-6-19(15-21)25-28-29-26(30(25)20-7-3-2-4-8-20)34-16-23(31)18-10-12-22-17(14-18)11-13-24(32)27-22/h2-10,12,14-15H,11,13,16H2,1H3,(H,27,32). The van der Waals surface area contributed by atoms with Gasteiger partial charge >= 0.3 is 0 Å². The zero-order valence-corrected chi connectivity index (χ0v) is 19.3. The lowest BCUT2D eigenvalue weighted by Crippen LogP contribution is -2.19. The van der Waals surface area contributed by atoms with E-state index in [2.05, 4.69) is 15.5 Å². The van der Waals surface area contributed by atoms with Crippen LogP contribution in [0.25, 0.3) is 17.1 Å². The minimum atomic E-state index is -0.00441. The summed E-state index contributed by atoms with van der Waals surface area (Å²) in [6, 6.07) is 22.9. The van der Waals surface area contributed by atoms with Crippen molar-refractivity contribution in [2.45, 2.75) is 18.0 Å². The van der Waals surface area contributed by atoms with Crippen molar-refractivity contribution >= 4 is 29.1 Å². The molecule has 0 fully saturated rings. The van der Waals surface area contributed by atoms with Gasteiger partial charge < -0.3 is 10.1 Å². The lowest BCUT2D eigenvalue weighted by atomic mass is 9.99. The number of Topliss-reactive ketones (excluding diaryl/α,β-unsaturated/α-hetero) is 1. The first-order valence-corrected chi connectivity index (χ1v) is 11.8. The van der Waals surface area contributed by atoms with Crippen molar-refractivity contribution in [3.63, 3.8) is 0 Å². The monoisotopic (exact) mass is 470 g/mol. The number of amides is 1. The highest BCUT2D eigenvalue weighted by atomic mass is 32.2. The first kappa shape index (κ1) is 21.9. The van der Waals surface area contributed by atoms with Gasteiger partial charge in [-0.05, 0) is 54.4 Å². The first-order chi connectivity index (χ1) is 16.6. The number of ketones is 1. The van der Waals surface area contributed by atoms with Crippen molar-refractivity contribution in [1.82, 2.24) is 14.8 Å². The summed E-state index contributed by atoms with van der Waals surface area (Å²) in [6.07, 6.45) is 1.08. The van der Waals surface area contributed by atoms with E-state index >= 15 is 0 Å². The highest BCUT2D eigenvalue weighted by Crippen LogP contribution is 2.30. The van der Waals surface area contributed by atoms with Crippen LogP contribution in [0.15, 0.2) is 78.0 Å². The van der Waals surface area contributed by atoms with Crippen LogP contribution in [0.4, 0.5) is 5.69 Å². The molecule has 0 atom stereocenters. The number of thioether (sulfide) groups is 1. The van der Waals surface area contributed by atoms with Crippen molar-refractivity contribution in [1.29, 1.82) is 0 Å². The van der Waals surface area contributed by atoms with Crippen LogP contribution >= 0.6 is 11.8 Å². The summed E-state index contributed by atoms with van der Waals surface area (Å²) < 4.78 is 7.33. The second-order valence-electron chi connectivity index (χ2n) is 7.84. The van der Waals surface area contributed by atoms with Crippen molar-refractivity contribution in [2.24, 2.45) is 0 Å². The molecule has 170 valence electrons. The van der Waals surface area contributed by atoms with E-state index in [4.69, 9.17) is 4.74 Å². The molecule has 1 aromatic heterocycles. The molecule has 4 aromatic rings. The molecule has 2 heterocycles. The molecule has 0 bridgehead atoms. The SMILES string of the molecule is COc1cccc(-c2nnc(SCC(=O)c3ccc4c(c3)CCC(=O)N4)n2-c2ccccc2)c1. The van der Waals surface area contributed by atoms with Crippen LogP contribution in [0.5, 0.6) is 5.75 Å². The van der Waals surface area contributed by atoms with Crippen LogP contribution in [-0.2, 0) is 11.2 Å². The maximum Gasteiger partial charge on any atom is 0.224 e. The molecule has 0 unspecified atom stereocenters. The van der Waals surface area contributed by atoms with E-state index in [9.17, 15) is 9.59 Å². The highest BCUT2D eigenvalue weighted by molar-refractivity contribution is 7.99. The lowest BCUT2D eigenvalue weighted by Gasteiger charge is -2.17. The van der Waals surface area contributed by atoms with Crippen LogP contribution in [-0.4, -0.2) is 39.3 Å². The normalized spacial score (nSPS) is 12.7. The largest absolute Gasteiger partial charge is 0.497 e. The molecular formula is C26H22N4O3S. The van der Waals surface area contributed by atoms with Gasteiger partial charge in [0.2, 0.25) is 5.91 Å². The van der Waals surface area contributed by atoms with Gasteiger partial charge in [0, 0.05) is 28.9 Å². The minimum absolute atomic E-state index is 0.00441. The van der Waals surface area contributed by atoms with E-state index < -0.39 is 0 Å². The van der Waals surface area contributed by atoms with Gasteiger partial charge in [-0.25, -0.2) is 0 Å². The Morgan fingerprint density at radius 3 is 2.71 bits per heavy atom. The van der Waals surface area contributed by atoms with Gasteiger partial charge in [0.1, 0.15) is 5.75 Å². The number of aromatic nitrogens is 3. The summed E-state index contributed by atoms with van der Waals surface area (Å²) in [5.74, 6) is 1.62. The number of anilines is 1. The van der Waals surface area contributed by atoms with Gasteiger partial charge in [-0.2, -0.15) is 0 Å². The first-order valence-electron chi connectivity index (χ1n) is 10.9. The molecule has 0 saturated heterocycles. The number of ether oxygens (including phenoxy) is 1. The zero-order chi connectivity index (χ0) is 23.5. The number of nitrogens with zero attached hydrogens (tertiary/aromatic N) is 3. The van der Waals surface area contributed by atoms with Crippen molar-refractivity contribution in [3.05, 3.63) is 83.9 Å². The number of rotatable bonds is 7. The lowest BCUT2D eigenvalue weighted by molar-refractivity contribution is -0.116. The number of fused-ring (bicyclic) bond motifs is 1. The molecule has 3 aromatic carbocycles. The Bertz CT molecular complexity index is 1370. The number of hydrogen-bond acceptors (Lipinski definition) is 6. The summed E-state index contributed by atoms with van der Waals surface area (Å²) >= 11 is 1.35. The molecule has 0 spiro atoms. The molecule has 1 aliphatic rings. The number of aryl methyl sites for hydroxylation is 1. The van der Waals surface area contributed by atoms with E-state index in [1.54, 1.807) is 19.2 Å². The third-order valence-corrected chi connectivity index (χ3v) is 6.56. The van der Waals surface area contributed by atoms with E-state index in [0.717, 1.165) is 28.3 Å². The molecular weight excluding hydrogens is 448 g/mol. The van der Waals surface area contributed by atoms with Crippen molar-refractivity contribution in [2.75, 3.05) is 18.2 Å². The van der Waals surface area contributed by atoms with Gasteiger partial charge in [-0.3, -0.25) is 14.2 Å². The van der Waals surface area contributed by atoms with Crippen LogP contribution in [0.1, 0.15) is 22.3 Å². The fourth-order valence-corrected chi connectivity index (χ4v) is 4.74. The zero-order valence-electron chi connectivity index (χ0n) is 18.5. The maximum absolute atomic E-state index is 13.0. The predicted molar refractivity (Wildman–Crippen MR) is 132 cm³/mol. The average molecular weight is 471 g/mol. The van der Waals surface area contributed by atoms with Crippen LogP contribution in [0.2, 0.25) is 0 Å². The smallest absolute Gasteiger partial charge is 0.224 e. The van der Waals surface area contributed by atoms with Gasteiger partial charge in [-0.1, -0.05) is 42.1 Å². The minimum Gasteiger partial charge on any atom is -0.497 e. The molecule has 0 aliphatic carbocycles. The number of carbonyl (C=O) groups excluding carboxylic acids is 2. The fraction of sp³-hybridized carbons (Fsp3) is 0.154. The summed E-state index contributed by atoms with van der Waals surface area (Å²) in [7, 11) is 1.63. The number of para-hydroxylation sites is 1. The molecule has 1 N–H and O–H groups in total. The summed E-state index contributed by atoms with van der Waals surface area (Å²) in [6.45, 7) is 0. The molecule has 1 amide bonds. The quantitative estimate of drug-likeness (QED) is 0.308. The van der Waals surface area contributed by atoms with E-state index in [-0.39, 0.29) is 17.4 Å².